The van der Waals surface area contributed by atoms with Gasteiger partial charge in [-0.1, -0.05) is 0 Å². The molecule has 2 aromatic heterocycles. The molecule has 0 spiro atoms. The van der Waals surface area contributed by atoms with Crippen LogP contribution in [0.4, 0.5) is 0 Å². The molecule has 0 unspecified atom stereocenters. The average molecular weight is 221 g/mol. The number of carboxylic acid groups (broad SMARTS) is 1. The standard InChI is InChI=1S/C10H11N3O3/c1-10(2,16)9-12-6-5(8(14)15)3-4-11-7(6)13-9/h3-4,16H,1-2H3,(H,14,15)(H,11,12,13). The van der Waals surface area contributed by atoms with Crippen LogP contribution in [0.1, 0.15) is 30.0 Å². The molecule has 0 aliphatic rings. The molecule has 0 saturated heterocycles. The van der Waals surface area contributed by atoms with Crippen molar-refractivity contribution in [3.63, 3.8) is 0 Å². The summed E-state index contributed by atoms with van der Waals surface area (Å²) >= 11 is 0. The van der Waals surface area contributed by atoms with Crippen LogP contribution in [0.3, 0.4) is 0 Å². The van der Waals surface area contributed by atoms with Crippen molar-refractivity contribution in [1.29, 1.82) is 0 Å². The van der Waals surface area contributed by atoms with Crippen LogP contribution in [-0.4, -0.2) is 31.1 Å². The molecular formula is C10H11N3O3. The SMILES string of the molecule is CC(C)(O)c1nc2nccc(C(=O)O)c2[nH]1. The minimum absolute atomic E-state index is 0.0907. The van der Waals surface area contributed by atoms with Crippen LogP contribution >= 0.6 is 0 Å². The van der Waals surface area contributed by atoms with Crippen molar-refractivity contribution in [1.82, 2.24) is 15.0 Å². The molecule has 2 rings (SSSR count). The minimum atomic E-state index is -1.16. The Morgan fingerprint density at radius 2 is 2.19 bits per heavy atom. The van der Waals surface area contributed by atoms with Crippen molar-refractivity contribution < 1.29 is 15.0 Å². The monoisotopic (exact) mass is 221 g/mol. The van der Waals surface area contributed by atoms with Crippen LogP contribution < -0.4 is 0 Å². The molecule has 0 bridgehead atoms. The topological polar surface area (TPSA) is 99.1 Å². The van der Waals surface area contributed by atoms with Crippen LogP contribution in [0, 0.1) is 0 Å². The first-order chi connectivity index (χ1) is 7.39. The first kappa shape index (κ1) is 10.6. The van der Waals surface area contributed by atoms with Gasteiger partial charge in [0.05, 0.1) is 11.1 Å². The summed E-state index contributed by atoms with van der Waals surface area (Å²) in [7, 11) is 0. The number of nitrogens with one attached hydrogen (secondary N) is 1. The Balaban J connectivity index is 2.71. The Morgan fingerprint density at radius 3 is 2.75 bits per heavy atom. The van der Waals surface area contributed by atoms with Crippen LogP contribution in [0.5, 0.6) is 0 Å². The number of imidazole rings is 1. The van der Waals surface area contributed by atoms with Gasteiger partial charge < -0.3 is 15.2 Å². The summed E-state index contributed by atoms with van der Waals surface area (Å²) in [4.78, 5) is 21.7. The molecule has 0 fully saturated rings. The molecule has 2 heterocycles. The molecule has 84 valence electrons. The summed E-state index contributed by atoms with van der Waals surface area (Å²) in [6, 6.07) is 1.39. The van der Waals surface area contributed by atoms with Gasteiger partial charge in [-0.05, 0) is 19.9 Å². The molecule has 2 aromatic rings. The van der Waals surface area contributed by atoms with E-state index in [0.717, 1.165) is 0 Å². The van der Waals surface area contributed by atoms with Crippen molar-refractivity contribution in [2.75, 3.05) is 0 Å². The van der Waals surface area contributed by atoms with Gasteiger partial charge in [0.15, 0.2) is 5.65 Å². The van der Waals surface area contributed by atoms with Crippen LogP contribution in [-0.2, 0) is 5.60 Å². The van der Waals surface area contributed by atoms with E-state index in [2.05, 4.69) is 15.0 Å². The molecule has 0 radical (unpaired) electrons. The number of hydrogen-bond donors (Lipinski definition) is 3. The summed E-state index contributed by atoms with van der Waals surface area (Å²) in [5.41, 5.74) is -0.451. The maximum Gasteiger partial charge on any atom is 0.338 e. The minimum Gasteiger partial charge on any atom is -0.478 e. The van der Waals surface area contributed by atoms with Gasteiger partial charge in [-0.25, -0.2) is 14.8 Å². The number of hydrogen-bond acceptors (Lipinski definition) is 4. The Kier molecular flexibility index (Phi) is 2.16. The van der Waals surface area contributed by atoms with Crippen molar-refractivity contribution in [3.8, 4) is 0 Å². The van der Waals surface area contributed by atoms with Crippen LogP contribution in [0.2, 0.25) is 0 Å². The largest absolute Gasteiger partial charge is 0.478 e. The Labute approximate surface area is 91.0 Å². The lowest BCUT2D eigenvalue weighted by Gasteiger charge is -2.12. The van der Waals surface area contributed by atoms with Crippen molar-refractivity contribution >= 4 is 17.1 Å². The van der Waals surface area contributed by atoms with E-state index in [1.165, 1.54) is 12.3 Å². The number of aromatic nitrogens is 3. The number of H-pyrrole nitrogens is 1. The third kappa shape index (κ3) is 1.63. The van der Waals surface area contributed by atoms with E-state index in [1.54, 1.807) is 13.8 Å². The highest BCUT2D eigenvalue weighted by atomic mass is 16.4. The Hall–Kier alpha value is -1.95. The lowest BCUT2D eigenvalue weighted by Crippen LogP contribution is -2.17. The maximum atomic E-state index is 10.9. The predicted octanol–water partition coefficient (Wildman–Crippen LogP) is 0.883. The fraction of sp³-hybridized carbons (Fsp3) is 0.300. The van der Waals surface area contributed by atoms with Gasteiger partial charge in [-0.2, -0.15) is 0 Å². The molecule has 6 heteroatoms. The van der Waals surface area contributed by atoms with Gasteiger partial charge in [0.1, 0.15) is 11.4 Å². The van der Waals surface area contributed by atoms with E-state index in [-0.39, 0.29) is 11.2 Å². The normalized spacial score (nSPS) is 11.9. The second kappa shape index (κ2) is 3.28. The van der Waals surface area contributed by atoms with E-state index in [0.29, 0.717) is 11.3 Å². The lowest BCUT2D eigenvalue weighted by atomic mass is 10.1. The molecule has 16 heavy (non-hydrogen) atoms. The van der Waals surface area contributed by atoms with E-state index < -0.39 is 11.6 Å². The maximum absolute atomic E-state index is 10.9. The predicted molar refractivity (Wildman–Crippen MR) is 56.1 cm³/mol. The summed E-state index contributed by atoms with van der Waals surface area (Å²) in [5, 5.41) is 18.7. The fourth-order valence-corrected chi connectivity index (χ4v) is 1.38. The molecule has 3 N–H and O–H groups in total. The zero-order valence-electron chi connectivity index (χ0n) is 8.85. The molecule has 0 saturated carbocycles. The summed E-state index contributed by atoms with van der Waals surface area (Å²) < 4.78 is 0. The number of carboxylic acids is 1. The molecule has 0 amide bonds. The molecule has 0 aliphatic heterocycles. The summed E-state index contributed by atoms with van der Waals surface area (Å²) in [6.45, 7) is 3.12. The quantitative estimate of drug-likeness (QED) is 0.699. The van der Waals surface area contributed by atoms with Crippen molar-refractivity contribution in [2.45, 2.75) is 19.4 Å². The number of pyridine rings is 1. The van der Waals surface area contributed by atoms with Crippen molar-refractivity contribution in [3.05, 3.63) is 23.7 Å². The highest BCUT2D eigenvalue weighted by molar-refractivity contribution is 5.99. The first-order valence-electron chi connectivity index (χ1n) is 4.70. The average Bonchev–Trinajstić information content (AvgIpc) is 2.59. The van der Waals surface area contributed by atoms with Crippen LogP contribution in [0.15, 0.2) is 12.3 Å². The van der Waals surface area contributed by atoms with E-state index >= 15 is 0 Å². The van der Waals surface area contributed by atoms with E-state index in [4.69, 9.17) is 5.11 Å². The first-order valence-corrected chi connectivity index (χ1v) is 4.70. The third-order valence-electron chi connectivity index (χ3n) is 2.20. The summed E-state index contributed by atoms with van der Waals surface area (Å²) in [6.07, 6.45) is 1.38. The number of fused-ring (bicyclic) bond motifs is 1. The van der Waals surface area contributed by atoms with Gasteiger partial charge >= 0.3 is 5.97 Å². The van der Waals surface area contributed by atoms with Crippen molar-refractivity contribution in [2.24, 2.45) is 0 Å². The zero-order valence-corrected chi connectivity index (χ0v) is 8.85. The molecule has 0 aromatic carbocycles. The molecule has 0 atom stereocenters. The highest BCUT2D eigenvalue weighted by Crippen LogP contribution is 2.21. The fourth-order valence-electron chi connectivity index (χ4n) is 1.38. The van der Waals surface area contributed by atoms with E-state index in [9.17, 15) is 9.90 Å². The summed E-state index contributed by atoms with van der Waals surface area (Å²) in [5.74, 6) is -0.762. The zero-order chi connectivity index (χ0) is 11.9. The number of carbonyl (C=O) groups is 1. The number of aromatic carboxylic acids is 1. The van der Waals surface area contributed by atoms with E-state index in [1.807, 2.05) is 0 Å². The lowest BCUT2D eigenvalue weighted by molar-refractivity contribution is 0.0685. The van der Waals surface area contributed by atoms with Gasteiger partial charge in [0.2, 0.25) is 0 Å². The molecule has 0 aliphatic carbocycles. The Morgan fingerprint density at radius 1 is 1.50 bits per heavy atom. The van der Waals surface area contributed by atoms with Gasteiger partial charge in [-0.15, -0.1) is 0 Å². The number of aliphatic hydroxyl groups is 1. The van der Waals surface area contributed by atoms with Crippen LogP contribution in [0.25, 0.3) is 11.2 Å². The van der Waals surface area contributed by atoms with Gasteiger partial charge in [0.25, 0.3) is 0 Å². The number of rotatable bonds is 2. The van der Waals surface area contributed by atoms with Gasteiger partial charge in [0, 0.05) is 6.20 Å². The smallest absolute Gasteiger partial charge is 0.338 e. The Bertz CT molecular complexity index is 554. The second-order valence-electron chi connectivity index (χ2n) is 4.01. The molecular weight excluding hydrogens is 210 g/mol. The number of nitrogens with zero attached hydrogens (tertiary/aromatic N) is 2. The second-order valence-corrected chi connectivity index (χ2v) is 4.01. The third-order valence-corrected chi connectivity index (χ3v) is 2.20. The molecule has 6 nitrogen and oxygen atoms in total. The number of aromatic amines is 1. The van der Waals surface area contributed by atoms with Gasteiger partial charge in [-0.3, -0.25) is 0 Å². The highest BCUT2D eigenvalue weighted by Gasteiger charge is 2.22.